The van der Waals surface area contributed by atoms with Crippen LogP contribution in [0.4, 0.5) is 4.39 Å². The van der Waals surface area contributed by atoms with Gasteiger partial charge in [-0.05, 0) is 42.9 Å². The van der Waals surface area contributed by atoms with Crippen molar-refractivity contribution in [3.05, 3.63) is 35.1 Å². The van der Waals surface area contributed by atoms with Crippen LogP contribution in [0.25, 0.3) is 0 Å². The van der Waals surface area contributed by atoms with E-state index in [9.17, 15) is 4.39 Å². The molecule has 3 N–H and O–H groups in total. The third-order valence-electron chi connectivity index (χ3n) is 3.36. The number of hydrogen-bond donors (Lipinski definition) is 2. The Balaban J connectivity index is 2.02. The molecule has 0 bridgehead atoms. The maximum absolute atomic E-state index is 13.4. The molecule has 0 radical (unpaired) electrons. The van der Waals surface area contributed by atoms with Gasteiger partial charge in [0.2, 0.25) is 0 Å². The molecule has 2 rings (SSSR count). The Labute approximate surface area is 96.0 Å². The minimum absolute atomic E-state index is 0.0794. The van der Waals surface area contributed by atoms with Crippen LogP contribution in [-0.2, 0) is 0 Å². The highest BCUT2D eigenvalue weighted by atomic mass is 19.1. The van der Waals surface area contributed by atoms with E-state index in [4.69, 9.17) is 5.84 Å². The molecule has 0 amide bonds. The van der Waals surface area contributed by atoms with Crippen molar-refractivity contribution < 1.29 is 4.39 Å². The number of hydrogen-bond acceptors (Lipinski definition) is 2. The molecule has 0 aliphatic heterocycles. The van der Waals surface area contributed by atoms with E-state index in [2.05, 4.69) is 5.43 Å². The van der Waals surface area contributed by atoms with Crippen molar-refractivity contribution in [3.8, 4) is 0 Å². The third kappa shape index (κ3) is 2.80. The molecular weight excluding hydrogens is 203 g/mol. The van der Waals surface area contributed by atoms with Crippen LogP contribution in [-0.4, -0.2) is 0 Å². The maximum Gasteiger partial charge on any atom is 0.126 e. The van der Waals surface area contributed by atoms with E-state index >= 15 is 0 Å². The van der Waals surface area contributed by atoms with Gasteiger partial charge in [0.15, 0.2) is 0 Å². The second-order valence-electron chi connectivity index (χ2n) is 4.75. The summed E-state index contributed by atoms with van der Waals surface area (Å²) < 4.78 is 13.4. The van der Waals surface area contributed by atoms with Crippen molar-refractivity contribution in [2.75, 3.05) is 0 Å². The van der Waals surface area contributed by atoms with E-state index in [0.717, 1.165) is 17.9 Å². The third-order valence-corrected chi connectivity index (χ3v) is 3.36. The molecule has 16 heavy (non-hydrogen) atoms. The van der Waals surface area contributed by atoms with Crippen LogP contribution in [0, 0.1) is 18.7 Å². The summed E-state index contributed by atoms with van der Waals surface area (Å²) in [7, 11) is 0. The molecule has 2 nitrogen and oxygen atoms in total. The lowest BCUT2D eigenvalue weighted by Crippen LogP contribution is -2.28. The highest BCUT2D eigenvalue weighted by Gasteiger charge is 2.22. The quantitative estimate of drug-likeness (QED) is 0.594. The van der Waals surface area contributed by atoms with Gasteiger partial charge in [0.1, 0.15) is 5.82 Å². The molecule has 1 atom stereocenters. The van der Waals surface area contributed by atoms with Crippen molar-refractivity contribution in [2.24, 2.45) is 11.8 Å². The minimum Gasteiger partial charge on any atom is -0.271 e. The second kappa shape index (κ2) is 4.93. The molecule has 1 fully saturated rings. The molecule has 1 aromatic rings. The van der Waals surface area contributed by atoms with E-state index in [-0.39, 0.29) is 11.9 Å². The van der Waals surface area contributed by atoms with Crippen LogP contribution >= 0.6 is 0 Å². The molecule has 1 unspecified atom stereocenters. The van der Waals surface area contributed by atoms with Gasteiger partial charge in [0.25, 0.3) is 0 Å². The number of aryl methyl sites for hydroxylation is 1. The van der Waals surface area contributed by atoms with Gasteiger partial charge in [0, 0.05) is 6.04 Å². The lowest BCUT2D eigenvalue weighted by atomic mass is 10.00. The zero-order valence-electron chi connectivity index (χ0n) is 9.67. The van der Waals surface area contributed by atoms with Crippen LogP contribution in [0.1, 0.15) is 42.9 Å². The minimum atomic E-state index is -0.149. The highest BCUT2D eigenvalue weighted by molar-refractivity contribution is 5.25. The van der Waals surface area contributed by atoms with Crippen LogP contribution < -0.4 is 11.3 Å². The molecule has 1 aromatic carbocycles. The summed E-state index contributed by atoms with van der Waals surface area (Å²) in [6, 6.07) is 5.44. The van der Waals surface area contributed by atoms with Gasteiger partial charge in [-0.2, -0.15) is 0 Å². The first-order valence-corrected chi connectivity index (χ1v) is 5.93. The zero-order valence-corrected chi connectivity index (χ0v) is 9.67. The van der Waals surface area contributed by atoms with Crippen LogP contribution in [0.3, 0.4) is 0 Å². The monoisotopic (exact) mass is 222 g/mol. The van der Waals surface area contributed by atoms with Crippen molar-refractivity contribution in [2.45, 2.75) is 38.6 Å². The molecule has 1 aliphatic rings. The molecule has 0 spiro atoms. The molecule has 1 aliphatic carbocycles. The van der Waals surface area contributed by atoms with E-state index < -0.39 is 0 Å². The van der Waals surface area contributed by atoms with Crippen molar-refractivity contribution in [1.29, 1.82) is 0 Å². The molecule has 0 aromatic heterocycles. The average molecular weight is 222 g/mol. The summed E-state index contributed by atoms with van der Waals surface area (Å²) in [5.74, 6) is 6.26. The Morgan fingerprint density at radius 1 is 1.50 bits per heavy atom. The molecule has 88 valence electrons. The van der Waals surface area contributed by atoms with Crippen LogP contribution in [0.2, 0.25) is 0 Å². The predicted octanol–water partition coefficient (Wildman–Crippen LogP) is 2.83. The maximum atomic E-state index is 13.4. The predicted molar refractivity (Wildman–Crippen MR) is 63.2 cm³/mol. The normalized spacial score (nSPS) is 17.4. The Morgan fingerprint density at radius 3 is 2.81 bits per heavy atom. The van der Waals surface area contributed by atoms with E-state index in [1.807, 2.05) is 12.1 Å². The Kier molecular flexibility index (Phi) is 3.56. The van der Waals surface area contributed by atoms with Gasteiger partial charge in [-0.15, -0.1) is 0 Å². The highest BCUT2D eigenvalue weighted by Crippen LogP contribution is 2.35. The molecular formula is C13H19FN2. The molecule has 0 saturated heterocycles. The van der Waals surface area contributed by atoms with Gasteiger partial charge in [0.05, 0.1) is 0 Å². The Bertz CT molecular complexity index is 361. The first kappa shape index (κ1) is 11.6. The first-order chi connectivity index (χ1) is 7.70. The lowest BCUT2D eigenvalue weighted by Gasteiger charge is -2.16. The summed E-state index contributed by atoms with van der Waals surface area (Å²) in [4.78, 5) is 0. The molecule has 1 saturated carbocycles. The topological polar surface area (TPSA) is 38.0 Å². The lowest BCUT2D eigenvalue weighted by molar-refractivity contribution is 0.478. The van der Waals surface area contributed by atoms with E-state index in [1.54, 1.807) is 13.0 Å². The van der Waals surface area contributed by atoms with E-state index in [1.165, 1.54) is 19.3 Å². The van der Waals surface area contributed by atoms with Gasteiger partial charge < -0.3 is 0 Å². The van der Waals surface area contributed by atoms with Crippen LogP contribution in [0.15, 0.2) is 18.2 Å². The van der Waals surface area contributed by atoms with Crippen molar-refractivity contribution >= 4 is 0 Å². The zero-order chi connectivity index (χ0) is 11.5. The van der Waals surface area contributed by atoms with Gasteiger partial charge in [-0.1, -0.05) is 25.0 Å². The second-order valence-corrected chi connectivity index (χ2v) is 4.75. The van der Waals surface area contributed by atoms with Crippen LogP contribution in [0.5, 0.6) is 0 Å². The Hall–Kier alpha value is -0.930. The number of nitrogens with one attached hydrogen (secondary N) is 1. The number of nitrogens with two attached hydrogens (primary N) is 1. The summed E-state index contributed by atoms with van der Waals surface area (Å²) in [6.45, 7) is 1.77. The molecule has 0 heterocycles. The van der Waals surface area contributed by atoms with Gasteiger partial charge >= 0.3 is 0 Å². The summed E-state index contributed by atoms with van der Waals surface area (Å²) in [5.41, 5.74) is 4.41. The summed E-state index contributed by atoms with van der Waals surface area (Å²) in [5, 5.41) is 0. The largest absolute Gasteiger partial charge is 0.271 e. The van der Waals surface area contributed by atoms with Crippen molar-refractivity contribution in [3.63, 3.8) is 0 Å². The number of rotatable bonds is 5. The summed E-state index contributed by atoms with van der Waals surface area (Å²) in [6.07, 6.45) is 4.87. The Morgan fingerprint density at radius 2 is 2.25 bits per heavy atom. The smallest absolute Gasteiger partial charge is 0.126 e. The van der Waals surface area contributed by atoms with Gasteiger partial charge in [-0.25, -0.2) is 4.39 Å². The molecule has 3 heteroatoms. The standard InChI is InChI=1S/C13H19FN2/c1-9-2-6-11(8-12(9)14)13(16-15)7-5-10-3-4-10/h2,6,8,10,13,16H,3-5,7,15H2,1H3. The van der Waals surface area contributed by atoms with Gasteiger partial charge in [-0.3, -0.25) is 11.3 Å². The fourth-order valence-corrected chi connectivity index (χ4v) is 1.98. The fourth-order valence-electron chi connectivity index (χ4n) is 1.98. The average Bonchev–Trinajstić information content (AvgIpc) is 3.08. The van der Waals surface area contributed by atoms with E-state index in [0.29, 0.717) is 5.56 Å². The summed E-state index contributed by atoms with van der Waals surface area (Å²) >= 11 is 0. The van der Waals surface area contributed by atoms with Crippen molar-refractivity contribution in [1.82, 2.24) is 5.43 Å². The SMILES string of the molecule is Cc1ccc(C(CCC2CC2)NN)cc1F. The number of hydrazine groups is 1. The first-order valence-electron chi connectivity index (χ1n) is 5.93. The number of halogens is 1. The fraction of sp³-hybridized carbons (Fsp3) is 0.538. The number of benzene rings is 1.